The highest BCUT2D eigenvalue weighted by Gasteiger charge is 2.18. The molecule has 2 aromatic carbocycles. The van der Waals surface area contributed by atoms with Crippen LogP contribution in [-0.4, -0.2) is 24.9 Å². The van der Waals surface area contributed by atoms with Crippen LogP contribution in [0.2, 0.25) is 0 Å². The zero-order valence-corrected chi connectivity index (χ0v) is 14.5. The molecule has 2 aromatic rings. The van der Waals surface area contributed by atoms with E-state index in [4.69, 9.17) is 9.47 Å². The zero-order valence-electron chi connectivity index (χ0n) is 14.5. The first kappa shape index (κ1) is 18.2. The minimum absolute atomic E-state index is 0.165. The Hall–Kier alpha value is -3.15. The number of carbonyl (C=O) groups is 1. The molecule has 0 bridgehead atoms. The molecule has 0 atom stereocenters. The average Bonchev–Trinajstić information content (AvgIpc) is 2.60. The highest BCUT2D eigenvalue weighted by atomic mass is 16.6. The van der Waals surface area contributed by atoms with E-state index >= 15 is 0 Å². The van der Waals surface area contributed by atoms with Gasteiger partial charge in [0.25, 0.3) is 5.69 Å². The predicted octanol–water partition coefficient (Wildman–Crippen LogP) is 4.12. The van der Waals surface area contributed by atoms with Crippen molar-refractivity contribution in [2.45, 2.75) is 13.8 Å². The van der Waals surface area contributed by atoms with Gasteiger partial charge in [-0.3, -0.25) is 14.9 Å². The molecule has 0 fully saturated rings. The molecule has 0 aliphatic carbocycles. The second kappa shape index (κ2) is 7.61. The first-order valence-electron chi connectivity index (χ1n) is 7.57. The minimum atomic E-state index is -0.526. The highest BCUT2D eigenvalue weighted by Crippen LogP contribution is 2.35. The van der Waals surface area contributed by atoms with Gasteiger partial charge in [0.05, 0.1) is 30.8 Å². The van der Waals surface area contributed by atoms with Gasteiger partial charge in [0, 0.05) is 5.56 Å². The molecule has 0 unspecified atom stereocenters. The van der Waals surface area contributed by atoms with Crippen LogP contribution in [0.5, 0.6) is 11.5 Å². The van der Waals surface area contributed by atoms with E-state index in [1.54, 1.807) is 12.1 Å². The lowest BCUT2D eigenvalue weighted by Gasteiger charge is -2.08. The molecule has 0 saturated heterocycles. The van der Waals surface area contributed by atoms with Gasteiger partial charge >= 0.3 is 0 Å². The van der Waals surface area contributed by atoms with Crippen molar-refractivity contribution >= 4 is 17.5 Å². The van der Waals surface area contributed by atoms with Gasteiger partial charge in [-0.25, -0.2) is 0 Å². The molecule has 6 nitrogen and oxygen atoms in total. The van der Waals surface area contributed by atoms with Crippen molar-refractivity contribution in [3.05, 3.63) is 68.8 Å². The van der Waals surface area contributed by atoms with Gasteiger partial charge in [-0.2, -0.15) is 0 Å². The largest absolute Gasteiger partial charge is 0.493 e. The molecule has 0 aliphatic rings. The second-order valence-corrected chi connectivity index (χ2v) is 5.52. The van der Waals surface area contributed by atoms with E-state index in [9.17, 15) is 14.9 Å². The number of methoxy groups -OCH3 is 2. The van der Waals surface area contributed by atoms with Crippen molar-refractivity contribution in [1.29, 1.82) is 0 Å². The van der Waals surface area contributed by atoms with Crippen LogP contribution in [0, 0.1) is 24.0 Å². The van der Waals surface area contributed by atoms with Gasteiger partial charge in [0.2, 0.25) is 0 Å². The summed E-state index contributed by atoms with van der Waals surface area (Å²) < 4.78 is 10.2. The Morgan fingerprint density at radius 2 is 1.68 bits per heavy atom. The molecule has 0 radical (unpaired) electrons. The Labute approximate surface area is 145 Å². The number of carbonyl (C=O) groups excluding carboxylic acids is 1. The number of benzene rings is 2. The number of nitro groups is 1. The standard InChI is InChI=1S/C19H19NO5/c1-12-5-6-15(9-13(12)2)17(21)8-7-14-10-18(24-3)19(25-4)11-16(14)20(22)23/h5-11H,1-4H3/b8-7+. The fourth-order valence-electron chi connectivity index (χ4n) is 2.33. The Balaban J connectivity index is 2.40. The number of nitro benzene ring substituents is 1. The Morgan fingerprint density at radius 3 is 2.24 bits per heavy atom. The SMILES string of the molecule is COc1cc(/C=C/C(=O)c2ccc(C)c(C)c2)c([N+](=O)[O-])cc1OC. The van der Waals surface area contributed by atoms with Crippen molar-refractivity contribution in [1.82, 2.24) is 0 Å². The van der Waals surface area contributed by atoms with Gasteiger partial charge in [-0.05, 0) is 49.3 Å². The molecule has 130 valence electrons. The highest BCUT2D eigenvalue weighted by molar-refractivity contribution is 6.07. The minimum Gasteiger partial charge on any atom is -0.493 e. The summed E-state index contributed by atoms with van der Waals surface area (Å²) in [4.78, 5) is 23.1. The predicted molar refractivity (Wildman–Crippen MR) is 95.5 cm³/mol. The molecule has 2 rings (SSSR count). The van der Waals surface area contributed by atoms with Crippen molar-refractivity contribution in [2.24, 2.45) is 0 Å². The lowest BCUT2D eigenvalue weighted by molar-refractivity contribution is -0.385. The van der Waals surface area contributed by atoms with Crippen molar-refractivity contribution in [3.8, 4) is 11.5 Å². The summed E-state index contributed by atoms with van der Waals surface area (Å²) in [5.41, 5.74) is 2.73. The summed E-state index contributed by atoms with van der Waals surface area (Å²) in [6.07, 6.45) is 2.73. The summed E-state index contributed by atoms with van der Waals surface area (Å²) in [6, 6.07) is 8.15. The van der Waals surface area contributed by atoms with Gasteiger partial charge < -0.3 is 9.47 Å². The first-order valence-corrected chi connectivity index (χ1v) is 7.57. The number of ether oxygens (including phenoxy) is 2. The molecule has 0 amide bonds. The summed E-state index contributed by atoms with van der Waals surface area (Å²) in [5, 5.41) is 11.3. The number of aryl methyl sites for hydroxylation is 2. The molecular formula is C19H19NO5. The molecular weight excluding hydrogens is 322 g/mol. The quantitative estimate of drug-likeness (QED) is 0.342. The van der Waals surface area contributed by atoms with E-state index in [1.165, 1.54) is 38.5 Å². The van der Waals surface area contributed by atoms with Crippen molar-refractivity contribution in [2.75, 3.05) is 14.2 Å². The molecule has 0 aromatic heterocycles. The lowest BCUT2D eigenvalue weighted by Crippen LogP contribution is -1.98. The van der Waals surface area contributed by atoms with Gasteiger partial charge in [0.1, 0.15) is 0 Å². The maximum Gasteiger partial charge on any atom is 0.280 e. The molecule has 0 N–H and O–H groups in total. The Morgan fingerprint density at radius 1 is 1.04 bits per heavy atom. The Bertz CT molecular complexity index is 855. The molecule has 25 heavy (non-hydrogen) atoms. The van der Waals surface area contributed by atoms with E-state index in [2.05, 4.69) is 0 Å². The van der Waals surface area contributed by atoms with Crippen LogP contribution in [0.4, 0.5) is 5.69 Å². The average molecular weight is 341 g/mol. The molecule has 6 heteroatoms. The molecule has 0 aliphatic heterocycles. The van der Waals surface area contributed by atoms with E-state index in [0.29, 0.717) is 11.3 Å². The maximum absolute atomic E-state index is 12.3. The molecule has 0 saturated carbocycles. The van der Waals surface area contributed by atoms with Crippen LogP contribution < -0.4 is 9.47 Å². The Kier molecular flexibility index (Phi) is 5.54. The maximum atomic E-state index is 12.3. The second-order valence-electron chi connectivity index (χ2n) is 5.52. The van der Waals surface area contributed by atoms with Crippen LogP contribution in [0.25, 0.3) is 6.08 Å². The van der Waals surface area contributed by atoms with Crippen LogP contribution in [0.1, 0.15) is 27.0 Å². The van der Waals surface area contributed by atoms with E-state index < -0.39 is 4.92 Å². The lowest BCUT2D eigenvalue weighted by atomic mass is 10.0. The van der Waals surface area contributed by atoms with Crippen LogP contribution in [0.3, 0.4) is 0 Å². The van der Waals surface area contributed by atoms with Crippen molar-refractivity contribution < 1.29 is 19.2 Å². The summed E-state index contributed by atoms with van der Waals surface area (Å²) >= 11 is 0. The summed E-state index contributed by atoms with van der Waals surface area (Å²) in [6.45, 7) is 3.89. The monoisotopic (exact) mass is 341 g/mol. The van der Waals surface area contributed by atoms with E-state index in [-0.39, 0.29) is 22.8 Å². The number of hydrogen-bond donors (Lipinski definition) is 0. The number of ketones is 1. The van der Waals surface area contributed by atoms with Crippen LogP contribution in [-0.2, 0) is 0 Å². The number of hydrogen-bond acceptors (Lipinski definition) is 5. The topological polar surface area (TPSA) is 78.7 Å². The third kappa shape index (κ3) is 4.03. The van der Waals surface area contributed by atoms with E-state index in [1.807, 2.05) is 19.9 Å². The third-order valence-corrected chi connectivity index (χ3v) is 3.94. The summed E-state index contributed by atoms with van der Waals surface area (Å²) in [5.74, 6) is 0.380. The molecule has 0 spiro atoms. The third-order valence-electron chi connectivity index (χ3n) is 3.94. The van der Waals surface area contributed by atoms with Crippen LogP contribution in [0.15, 0.2) is 36.4 Å². The number of allylic oxidation sites excluding steroid dienone is 1. The first-order chi connectivity index (χ1) is 11.9. The van der Waals surface area contributed by atoms with Gasteiger partial charge in [0.15, 0.2) is 17.3 Å². The number of nitrogens with zero attached hydrogens (tertiary/aromatic N) is 1. The van der Waals surface area contributed by atoms with E-state index in [0.717, 1.165) is 11.1 Å². The molecule has 0 heterocycles. The smallest absolute Gasteiger partial charge is 0.280 e. The normalized spacial score (nSPS) is 10.7. The summed E-state index contributed by atoms with van der Waals surface area (Å²) in [7, 11) is 2.84. The van der Waals surface area contributed by atoms with Gasteiger partial charge in [-0.15, -0.1) is 0 Å². The fraction of sp³-hybridized carbons (Fsp3) is 0.211. The fourth-order valence-corrected chi connectivity index (χ4v) is 2.33. The zero-order chi connectivity index (χ0) is 18.6. The van der Waals surface area contributed by atoms with Crippen LogP contribution >= 0.6 is 0 Å². The van der Waals surface area contributed by atoms with Gasteiger partial charge in [-0.1, -0.05) is 12.1 Å². The van der Waals surface area contributed by atoms with Crippen molar-refractivity contribution in [3.63, 3.8) is 0 Å². The number of rotatable bonds is 6.